The van der Waals surface area contributed by atoms with Gasteiger partial charge >= 0.3 is 5.97 Å². The molecule has 7 heteroatoms. The van der Waals surface area contributed by atoms with Crippen LogP contribution in [0.2, 0.25) is 0 Å². The van der Waals surface area contributed by atoms with E-state index in [1.165, 1.54) is 0 Å². The zero-order chi connectivity index (χ0) is 21.1. The number of para-hydroxylation sites is 1. The first-order chi connectivity index (χ1) is 14.5. The van der Waals surface area contributed by atoms with Crippen LogP contribution in [0.15, 0.2) is 51.4 Å². The maximum absolute atomic E-state index is 13.1. The van der Waals surface area contributed by atoms with Gasteiger partial charge in [0.2, 0.25) is 0 Å². The molecule has 0 unspecified atom stereocenters. The van der Waals surface area contributed by atoms with Crippen LogP contribution in [0.25, 0.3) is 10.9 Å². The molecule has 0 saturated carbocycles. The minimum Gasteiger partial charge on any atom is -0.452 e. The Bertz CT molecular complexity index is 1130. The van der Waals surface area contributed by atoms with Gasteiger partial charge in [0.05, 0.1) is 16.8 Å². The van der Waals surface area contributed by atoms with E-state index in [1.54, 1.807) is 6.07 Å². The van der Waals surface area contributed by atoms with Gasteiger partial charge in [-0.15, -0.1) is 0 Å². The number of aryl methyl sites for hydroxylation is 1. The zero-order valence-electron chi connectivity index (χ0n) is 16.2. The number of rotatable bonds is 4. The normalized spacial score (nSPS) is 13.4. The van der Waals surface area contributed by atoms with Crippen molar-refractivity contribution in [1.82, 2.24) is 4.98 Å². The number of amides is 1. The first-order valence-corrected chi connectivity index (χ1v) is 11.4. The van der Waals surface area contributed by atoms with Gasteiger partial charge in [0, 0.05) is 20.0 Å². The monoisotopic (exact) mass is 530 g/mol. The maximum atomic E-state index is 13.1. The van der Waals surface area contributed by atoms with Crippen molar-refractivity contribution in [2.24, 2.45) is 0 Å². The van der Waals surface area contributed by atoms with Gasteiger partial charge in [-0.25, -0.2) is 4.79 Å². The third kappa shape index (κ3) is 4.57. The van der Waals surface area contributed by atoms with Crippen LogP contribution in [0, 0.1) is 0 Å². The quantitative estimate of drug-likeness (QED) is 0.340. The number of nitrogens with zero attached hydrogens (tertiary/aromatic N) is 1. The minimum absolute atomic E-state index is 0.354. The second-order valence-electron chi connectivity index (χ2n) is 7.24. The summed E-state index contributed by atoms with van der Waals surface area (Å²) in [6.45, 7) is -0.354. The number of benzene rings is 2. The van der Waals surface area contributed by atoms with Crippen molar-refractivity contribution in [3.8, 4) is 0 Å². The molecule has 5 nitrogen and oxygen atoms in total. The van der Waals surface area contributed by atoms with Gasteiger partial charge in [0.1, 0.15) is 0 Å². The number of carbonyl (C=O) groups excluding carboxylic acids is 2. The number of pyridine rings is 1. The summed E-state index contributed by atoms with van der Waals surface area (Å²) >= 11 is 6.78. The predicted molar refractivity (Wildman–Crippen MR) is 124 cm³/mol. The van der Waals surface area contributed by atoms with Gasteiger partial charge in [0.15, 0.2) is 6.61 Å². The van der Waals surface area contributed by atoms with E-state index in [2.05, 4.69) is 37.2 Å². The Hall–Kier alpha value is -2.25. The third-order valence-corrected chi connectivity index (χ3v) is 6.31. The van der Waals surface area contributed by atoms with Gasteiger partial charge < -0.3 is 10.1 Å². The van der Waals surface area contributed by atoms with E-state index in [-0.39, 0.29) is 6.61 Å². The minimum atomic E-state index is -0.475. The molecule has 0 atom stereocenters. The van der Waals surface area contributed by atoms with Crippen molar-refractivity contribution in [2.45, 2.75) is 32.1 Å². The predicted octanol–water partition coefficient (Wildman–Crippen LogP) is 5.82. The smallest absolute Gasteiger partial charge is 0.339 e. The van der Waals surface area contributed by atoms with E-state index in [1.807, 2.05) is 36.4 Å². The summed E-state index contributed by atoms with van der Waals surface area (Å²) in [5, 5.41) is 3.53. The second-order valence-corrected chi connectivity index (χ2v) is 9.01. The summed E-state index contributed by atoms with van der Waals surface area (Å²) in [7, 11) is 0. The highest BCUT2D eigenvalue weighted by Gasteiger charge is 2.23. The highest BCUT2D eigenvalue weighted by molar-refractivity contribution is 9.11. The zero-order valence-corrected chi connectivity index (χ0v) is 19.4. The number of anilines is 1. The van der Waals surface area contributed by atoms with Crippen molar-refractivity contribution < 1.29 is 14.3 Å². The molecule has 1 amide bonds. The molecule has 1 aliphatic rings. The largest absolute Gasteiger partial charge is 0.452 e. The number of esters is 1. The second kappa shape index (κ2) is 9.27. The van der Waals surface area contributed by atoms with Crippen LogP contribution >= 0.6 is 31.9 Å². The van der Waals surface area contributed by atoms with Crippen molar-refractivity contribution in [3.63, 3.8) is 0 Å². The number of halogens is 2. The Balaban J connectivity index is 1.56. The maximum Gasteiger partial charge on any atom is 0.339 e. The van der Waals surface area contributed by atoms with Gasteiger partial charge in [-0.1, -0.05) is 40.5 Å². The number of hydrogen-bond donors (Lipinski definition) is 1. The Labute approximate surface area is 191 Å². The molecule has 154 valence electrons. The van der Waals surface area contributed by atoms with Crippen molar-refractivity contribution in [2.75, 3.05) is 11.9 Å². The molecule has 1 N–H and O–H groups in total. The Morgan fingerprint density at radius 1 is 1.03 bits per heavy atom. The van der Waals surface area contributed by atoms with Crippen molar-refractivity contribution in [1.29, 1.82) is 0 Å². The van der Waals surface area contributed by atoms with Crippen LogP contribution in [-0.4, -0.2) is 23.5 Å². The van der Waals surface area contributed by atoms with E-state index >= 15 is 0 Å². The van der Waals surface area contributed by atoms with Crippen LogP contribution in [0.3, 0.4) is 0 Å². The fourth-order valence-corrected chi connectivity index (χ4v) is 4.91. The summed E-state index contributed by atoms with van der Waals surface area (Å²) < 4.78 is 7.07. The standard InChI is InChI=1S/C23H20Br2N2O3/c24-14-10-11-20(17(25)12-14)27-21(28)13-30-23(29)22-15-6-2-1-3-8-18(15)26-19-9-5-4-7-16(19)22/h4-5,7,9-12H,1-3,6,8,13H2,(H,27,28). The van der Waals surface area contributed by atoms with Crippen LogP contribution < -0.4 is 5.32 Å². The average Bonchev–Trinajstić information content (AvgIpc) is 2.97. The number of carbonyl (C=O) groups is 2. The van der Waals surface area contributed by atoms with E-state index in [0.29, 0.717) is 11.3 Å². The lowest BCUT2D eigenvalue weighted by atomic mass is 9.97. The fraction of sp³-hybridized carbons (Fsp3) is 0.261. The summed E-state index contributed by atoms with van der Waals surface area (Å²) in [6.07, 6.45) is 4.86. The lowest BCUT2D eigenvalue weighted by molar-refractivity contribution is -0.119. The molecule has 0 bridgehead atoms. The lowest BCUT2D eigenvalue weighted by Gasteiger charge is -2.15. The Kier molecular flexibility index (Phi) is 6.49. The summed E-state index contributed by atoms with van der Waals surface area (Å²) in [5.74, 6) is -0.868. The summed E-state index contributed by atoms with van der Waals surface area (Å²) in [4.78, 5) is 30.2. The lowest BCUT2D eigenvalue weighted by Crippen LogP contribution is -2.22. The molecule has 1 heterocycles. The molecule has 4 rings (SSSR count). The van der Waals surface area contributed by atoms with Gasteiger partial charge in [0.25, 0.3) is 5.91 Å². The Morgan fingerprint density at radius 2 is 1.83 bits per heavy atom. The van der Waals surface area contributed by atoms with E-state index < -0.39 is 11.9 Å². The molecule has 0 fully saturated rings. The molecule has 2 aromatic carbocycles. The summed E-state index contributed by atoms with van der Waals surface area (Å²) in [6, 6.07) is 13.0. The molecule has 0 spiro atoms. The fourth-order valence-electron chi connectivity index (χ4n) is 3.76. The van der Waals surface area contributed by atoms with Crippen LogP contribution in [0.4, 0.5) is 5.69 Å². The van der Waals surface area contributed by atoms with Crippen LogP contribution in [0.1, 0.15) is 40.9 Å². The molecular weight excluding hydrogens is 512 g/mol. The van der Waals surface area contributed by atoms with Crippen molar-refractivity contribution in [3.05, 3.63) is 68.2 Å². The van der Waals surface area contributed by atoms with Crippen LogP contribution in [-0.2, 0) is 22.4 Å². The van der Waals surface area contributed by atoms with E-state index in [0.717, 1.165) is 63.2 Å². The number of hydrogen-bond acceptors (Lipinski definition) is 4. The van der Waals surface area contributed by atoms with Crippen LogP contribution in [0.5, 0.6) is 0 Å². The molecule has 0 radical (unpaired) electrons. The molecule has 1 aromatic heterocycles. The number of ether oxygens (including phenoxy) is 1. The average molecular weight is 532 g/mol. The molecule has 0 saturated heterocycles. The topological polar surface area (TPSA) is 68.3 Å². The first kappa shape index (κ1) is 21.0. The van der Waals surface area contributed by atoms with Gasteiger partial charge in [-0.05, 0) is 71.4 Å². The highest BCUT2D eigenvalue weighted by Crippen LogP contribution is 2.29. The first-order valence-electron chi connectivity index (χ1n) is 9.85. The number of nitrogens with one attached hydrogen (secondary N) is 1. The van der Waals surface area contributed by atoms with Gasteiger partial charge in [-0.2, -0.15) is 0 Å². The number of fused-ring (bicyclic) bond motifs is 2. The number of aromatic nitrogens is 1. The molecule has 1 aliphatic carbocycles. The Morgan fingerprint density at radius 3 is 2.67 bits per heavy atom. The van der Waals surface area contributed by atoms with Crippen molar-refractivity contribution >= 4 is 60.3 Å². The summed E-state index contributed by atoms with van der Waals surface area (Å²) in [5.41, 5.74) is 3.89. The molecule has 3 aromatic rings. The highest BCUT2D eigenvalue weighted by atomic mass is 79.9. The van der Waals surface area contributed by atoms with E-state index in [9.17, 15) is 9.59 Å². The third-order valence-electron chi connectivity index (χ3n) is 5.16. The molecular formula is C23H20Br2N2O3. The van der Waals surface area contributed by atoms with Gasteiger partial charge in [-0.3, -0.25) is 9.78 Å². The molecule has 0 aliphatic heterocycles. The molecule has 30 heavy (non-hydrogen) atoms. The van der Waals surface area contributed by atoms with E-state index in [4.69, 9.17) is 9.72 Å². The SMILES string of the molecule is O=C(COC(=O)c1c2c(nc3ccccc13)CCCCC2)Nc1ccc(Br)cc1Br.